The summed E-state index contributed by atoms with van der Waals surface area (Å²) in [5.74, 6) is 0.151. The second-order valence-corrected chi connectivity index (χ2v) is 9.38. The van der Waals surface area contributed by atoms with Crippen molar-refractivity contribution in [3.05, 3.63) is 90.2 Å². The van der Waals surface area contributed by atoms with Crippen LogP contribution in [0.4, 0.5) is 10.1 Å². The van der Waals surface area contributed by atoms with Crippen LogP contribution in [0.15, 0.2) is 78.9 Å². The lowest BCUT2D eigenvalue weighted by atomic mass is 10.2. The maximum atomic E-state index is 13.2. The zero-order valence-electron chi connectivity index (χ0n) is 21.4. The maximum absolute atomic E-state index is 13.2. The molecule has 3 aromatic carbocycles. The maximum Gasteiger partial charge on any atom is 0.249 e. The summed E-state index contributed by atoms with van der Waals surface area (Å²) < 4.78 is 24.6. The molecule has 2 amide bonds. The molecule has 38 heavy (non-hydrogen) atoms. The van der Waals surface area contributed by atoms with Crippen molar-refractivity contribution in [1.82, 2.24) is 10.2 Å². The minimum absolute atomic E-state index is 0.0399. The Kier molecular flexibility index (Phi) is 10.2. The highest BCUT2D eigenvalue weighted by Gasteiger charge is 2.23. The number of ether oxygens (including phenoxy) is 2. The van der Waals surface area contributed by atoms with E-state index >= 15 is 0 Å². The molecule has 8 heteroatoms. The predicted molar refractivity (Wildman–Crippen MR) is 144 cm³/mol. The number of halogens is 1. The molecule has 0 unspecified atom stereocenters. The summed E-state index contributed by atoms with van der Waals surface area (Å²) in [5, 5.41) is 5.72. The highest BCUT2D eigenvalue weighted by Crippen LogP contribution is 2.23. The third kappa shape index (κ3) is 8.97. The topological polar surface area (TPSA) is 79.9 Å². The minimum atomic E-state index is -0.853. The Bertz CT molecular complexity index is 1150. The second-order valence-electron chi connectivity index (χ2n) is 9.38. The summed E-state index contributed by atoms with van der Waals surface area (Å²) in [4.78, 5) is 28.1. The average Bonchev–Trinajstić information content (AvgIpc) is 3.19. The van der Waals surface area contributed by atoms with E-state index in [0.717, 1.165) is 31.5 Å². The number of likely N-dealkylation sites (tertiary alicyclic amines) is 1. The monoisotopic (exact) mass is 519 g/mol. The van der Waals surface area contributed by atoms with Gasteiger partial charge in [0.2, 0.25) is 11.8 Å². The third-order valence-corrected chi connectivity index (χ3v) is 6.28. The van der Waals surface area contributed by atoms with Gasteiger partial charge >= 0.3 is 0 Å². The van der Waals surface area contributed by atoms with E-state index in [9.17, 15) is 14.0 Å². The molecule has 3 aromatic rings. The van der Waals surface area contributed by atoms with Gasteiger partial charge in [-0.1, -0.05) is 43.2 Å². The second kappa shape index (κ2) is 14.3. The minimum Gasteiger partial charge on any atom is -0.457 e. The van der Waals surface area contributed by atoms with E-state index in [1.165, 1.54) is 25.0 Å². The fourth-order valence-electron chi connectivity index (χ4n) is 4.26. The number of nitrogens with one attached hydrogen (secondary N) is 2. The van der Waals surface area contributed by atoms with E-state index in [2.05, 4.69) is 15.5 Å². The van der Waals surface area contributed by atoms with Crippen LogP contribution < -0.4 is 15.4 Å². The summed E-state index contributed by atoms with van der Waals surface area (Å²) in [6.07, 6.45) is 4.53. The van der Waals surface area contributed by atoms with Gasteiger partial charge in [0.15, 0.2) is 0 Å². The van der Waals surface area contributed by atoms with Crippen LogP contribution in [-0.2, 0) is 20.9 Å². The summed E-state index contributed by atoms with van der Waals surface area (Å²) in [6, 6.07) is 21.4. The first-order chi connectivity index (χ1) is 18.5. The molecule has 7 nitrogen and oxygen atoms in total. The summed E-state index contributed by atoms with van der Waals surface area (Å²) >= 11 is 0. The van der Waals surface area contributed by atoms with E-state index in [4.69, 9.17) is 9.47 Å². The highest BCUT2D eigenvalue weighted by atomic mass is 19.1. The van der Waals surface area contributed by atoms with Crippen molar-refractivity contribution in [2.75, 3.05) is 31.6 Å². The number of rotatable bonds is 11. The molecule has 0 bridgehead atoms. The average molecular weight is 520 g/mol. The molecule has 0 saturated carbocycles. The Hall–Kier alpha value is -3.75. The van der Waals surface area contributed by atoms with Crippen molar-refractivity contribution in [2.24, 2.45) is 0 Å². The zero-order chi connectivity index (χ0) is 26.6. The number of carbonyl (C=O) groups excluding carboxylic acids is 2. The van der Waals surface area contributed by atoms with Gasteiger partial charge in [0.1, 0.15) is 23.4 Å². The van der Waals surface area contributed by atoms with Crippen molar-refractivity contribution < 1.29 is 23.5 Å². The van der Waals surface area contributed by atoms with Gasteiger partial charge in [-0.25, -0.2) is 4.39 Å². The lowest BCUT2D eigenvalue weighted by Gasteiger charge is -2.22. The summed E-state index contributed by atoms with van der Waals surface area (Å²) in [7, 11) is 0. The van der Waals surface area contributed by atoms with Crippen molar-refractivity contribution >= 4 is 17.5 Å². The van der Waals surface area contributed by atoms with Gasteiger partial charge in [0.05, 0.1) is 19.8 Å². The number of benzene rings is 3. The Morgan fingerprint density at radius 1 is 0.842 bits per heavy atom. The van der Waals surface area contributed by atoms with Crippen LogP contribution in [0.3, 0.4) is 0 Å². The number of nitrogens with zero attached hydrogens (tertiary/aromatic N) is 1. The third-order valence-electron chi connectivity index (χ3n) is 6.28. The Labute approximate surface area is 222 Å². The highest BCUT2D eigenvalue weighted by molar-refractivity contribution is 5.97. The molecule has 4 rings (SSSR count). The Morgan fingerprint density at radius 3 is 2.13 bits per heavy atom. The fourth-order valence-corrected chi connectivity index (χ4v) is 4.26. The van der Waals surface area contributed by atoms with Gasteiger partial charge in [0, 0.05) is 5.69 Å². The molecule has 0 aromatic heterocycles. The van der Waals surface area contributed by atoms with Crippen molar-refractivity contribution in [1.29, 1.82) is 0 Å². The van der Waals surface area contributed by atoms with Gasteiger partial charge in [-0.05, 0) is 80.0 Å². The van der Waals surface area contributed by atoms with E-state index in [1.807, 2.05) is 30.3 Å². The molecule has 1 aliphatic heterocycles. The van der Waals surface area contributed by atoms with E-state index < -0.39 is 6.04 Å². The first kappa shape index (κ1) is 27.3. The van der Waals surface area contributed by atoms with Crippen molar-refractivity contribution in [3.8, 4) is 11.5 Å². The SMILES string of the molecule is O=C(CN1CCCCCC1)N[C@@H](COCc1ccccc1)C(=O)Nc1ccc(Oc2ccc(F)cc2)cc1. The number of anilines is 1. The first-order valence-corrected chi connectivity index (χ1v) is 13.0. The number of carbonyl (C=O) groups is 2. The summed E-state index contributed by atoms with van der Waals surface area (Å²) in [5.41, 5.74) is 1.54. The van der Waals surface area contributed by atoms with Crippen LogP contribution in [0.1, 0.15) is 31.2 Å². The van der Waals surface area contributed by atoms with Gasteiger partial charge in [0.25, 0.3) is 0 Å². The number of amides is 2. The largest absolute Gasteiger partial charge is 0.457 e. The standard InChI is InChI=1S/C30H34FN3O4/c31-24-10-14-26(15-11-24)38-27-16-12-25(13-17-27)32-30(36)28(22-37-21-23-8-4-3-5-9-23)33-29(35)20-34-18-6-1-2-7-19-34/h3-5,8-17,28H,1-2,6-7,18-22H2,(H,32,36)(H,33,35)/t28-/m0/s1. The van der Waals surface area contributed by atoms with Crippen LogP contribution >= 0.6 is 0 Å². The molecule has 2 N–H and O–H groups in total. The lowest BCUT2D eigenvalue weighted by Crippen LogP contribution is -2.49. The molecular formula is C30H34FN3O4. The van der Waals surface area contributed by atoms with Gasteiger partial charge in [-0.3, -0.25) is 14.5 Å². The molecule has 1 heterocycles. The quantitative estimate of drug-likeness (QED) is 0.367. The predicted octanol–water partition coefficient (Wildman–Crippen LogP) is 5.13. The van der Waals surface area contributed by atoms with Gasteiger partial charge in [-0.2, -0.15) is 0 Å². The van der Waals surface area contributed by atoms with Crippen LogP contribution in [0.2, 0.25) is 0 Å². The number of hydrogen-bond donors (Lipinski definition) is 2. The smallest absolute Gasteiger partial charge is 0.249 e. The molecule has 0 aliphatic carbocycles. The van der Waals surface area contributed by atoms with E-state index in [1.54, 1.807) is 36.4 Å². The normalized spacial score (nSPS) is 14.8. The fraction of sp³-hybridized carbons (Fsp3) is 0.333. The van der Waals surface area contributed by atoms with Crippen LogP contribution in [0.25, 0.3) is 0 Å². The first-order valence-electron chi connectivity index (χ1n) is 13.0. The molecular weight excluding hydrogens is 485 g/mol. The van der Waals surface area contributed by atoms with E-state index in [0.29, 0.717) is 23.8 Å². The van der Waals surface area contributed by atoms with E-state index in [-0.39, 0.29) is 30.8 Å². The van der Waals surface area contributed by atoms with Gasteiger partial charge < -0.3 is 20.1 Å². The Morgan fingerprint density at radius 2 is 1.47 bits per heavy atom. The molecule has 1 fully saturated rings. The van der Waals surface area contributed by atoms with Crippen molar-refractivity contribution in [2.45, 2.75) is 38.3 Å². The summed E-state index contributed by atoms with van der Waals surface area (Å²) in [6.45, 7) is 2.42. The molecule has 1 saturated heterocycles. The van der Waals surface area contributed by atoms with Crippen LogP contribution in [0.5, 0.6) is 11.5 Å². The van der Waals surface area contributed by atoms with Crippen LogP contribution in [0, 0.1) is 5.82 Å². The lowest BCUT2D eigenvalue weighted by molar-refractivity contribution is -0.128. The van der Waals surface area contributed by atoms with Gasteiger partial charge in [-0.15, -0.1) is 0 Å². The molecule has 0 spiro atoms. The number of hydrogen-bond acceptors (Lipinski definition) is 5. The molecule has 0 radical (unpaired) electrons. The Balaban J connectivity index is 1.35. The van der Waals surface area contributed by atoms with Crippen LogP contribution in [-0.4, -0.2) is 49.0 Å². The van der Waals surface area contributed by atoms with Crippen molar-refractivity contribution in [3.63, 3.8) is 0 Å². The molecule has 1 aliphatic rings. The molecule has 1 atom stereocenters. The molecule has 200 valence electrons. The zero-order valence-corrected chi connectivity index (χ0v) is 21.4.